The van der Waals surface area contributed by atoms with Gasteiger partial charge >= 0.3 is 0 Å². The van der Waals surface area contributed by atoms with Crippen molar-refractivity contribution in [3.8, 4) is 5.75 Å². The number of sulfonamides is 1. The standard InChI is InChI=1S/C20H24N2O4S/c1-14(15-6-9-18(26-2)10-7-15)21-20(23)17-8-11-19-16(13-17)5-4-12-22(19)27(3,24)25/h6-11,13-14H,4-5,12H2,1-3H3,(H,21,23)/t14-/m1/s1. The third-order valence-electron chi connectivity index (χ3n) is 4.78. The number of carbonyl (C=O) groups excluding carboxylic acids is 1. The number of anilines is 1. The Kier molecular flexibility index (Phi) is 5.41. The summed E-state index contributed by atoms with van der Waals surface area (Å²) >= 11 is 0. The Hall–Kier alpha value is -2.54. The summed E-state index contributed by atoms with van der Waals surface area (Å²) < 4.78 is 30.5. The number of nitrogens with zero attached hydrogens (tertiary/aromatic N) is 1. The normalized spacial score (nSPS) is 15.0. The van der Waals surface area contributed by atoms with Gasteiger partial charge in [-0.3, -0.25) is 9.10 Å². The van der Waals surface area contributed by atoms with Crippen molar-refractivity contribution in [3.63, 3.8) is 0 Å². The van der Waals surface area contributed by atoms with E-state index in [-0.39, 0.29) is 11.9 Å². The Morgan fingerprint density at radius 1 is 1.19 bits per heavy atom. The van der Waals surface area contributed by atoms with Crippen LogP contribution in [-0.4, -0.2) is 34.2 Å². The number of methoxy groups -OCH3 is 1. The van der Waals surface area contributed by atoms with Crippen molar-refractivity contribution in [3.05, 3.63) is 59.2 Å². The highest BCUT2D eigenvalue weighted by atomic mass is 32.2. The number of aryl methyl sites for hydroxylation is 1. The molecule has 7 heteroatoms. The highest BCUT2D eigenvalue weighted by Crippen LogP contribution is 2.30. The summed E-state index contributed by atoms with van der Waals surface area (Å²) in [5, 5.41) is 2.99. The number of rotatable bonds is 5. The van der Waals surface area contributed by atoms with Crippen molar-refractivity contribution in [1.29, 1.82) is 0 Å². The van der Waals surface area contributed by atoms with Gasteiger partial charge in [0.15, 0.2) is 0 Å². The second kappa shape index (κ2) is 7.60. The molecule has 1 aliphatic rings. The zero-order valence-corrected chi connectivity index (χ0v) is 16.5. The largest absolute Gasteiger partial charge is 0.497 e. The molecule has 0 saturated heterocycles. The van der Waals surface area contributed by atoms with Crippen molar-refractivity contribution in [2.75, 3.05) is 24.2 Å². The molecule has 0 fully saturated rings. The molecule has 0 saturated carbocycles. The average Bonchev–Trinajstić information content (AvgIpc) is 2.66. The molecule has 3 rings (SSSR count). The maximum Gasteiger partial charge on any atom is 0.251 e. The summed E-state index contributed by atoms with van der Waals surface area (Å²) in [6.45, 7) is 2.40. The van der Waals surface area contributed by atoms with Crippen LogP contribution in [0, 0.1) is 0 Å². The number of amides is 1. The lowest BCUT2D eigenvalue weighted by atomic mass is 10.00. The number of hydrogen-bond acceptors (Lipinski definition) is 4. The molecule has 0 unspecified atom stereocenters. The number of benzene rings is 2. The summed E-state index contributed by atoms with van der Waals surface area (Å²) in [6.07, 6.45) is 2.71. The van der Waals surface area contributed by atoms with Crippen molar-refractivity contribution >= 4 is 21.6 Å². The van der Waals surface area contributed by atoms with Crippen molar-refractivity contribution in [1.82, 2.24) is 5.32 Å². The second-order valence-corrected chi connectivity index (χ2v) is 8.66. The van der Waals surface area contributed by atoms with Gasteiger partial charge in [-0.15, -0.1) is 0 Å². The Bertz CT molecular complexity index is 939. The first kappa shape index (κ1) is 19.2. The quantitative estimate of drug-likeness (QED) is 0.855. The highest BCUT2D eigenvalue weighted by Gasteiger charge is 2.25. The fraction of sp³-hybridized carbons (Fsp3) is 0.350. The zero-order chi connectivity index (χ0) is 19.6. The number of hydrogen-bond donors (Lipinski definition) is 1. The van der Waals surface area contributed by atoms with Crippen LogP contribution in [0.1, 0.15) is 40.9 Å². The van der Waals surface area contributed by atoms with Crippen molar-refractivity contribution < 1.29 is 17.9 Å². The van der Waals surface area contributed by atoms with E-state index in [0.29, 0.717) is 17.8 Å². The molecule has 1 N–H and O–H groups in total. The van der Waals surface area contributed by atoms with Gasteiger partial charge in [0.25, 0.3) is 5.91 Å². The lowest BCUT2D eigenvalue weighted by Gasteiger charge is -2.29. The Labute approximate surface area is 160 Å². The predicted octanol–water partition coefficient (Wildman–Crippen LogP) is 2.90. The molecule has 0 spiro atoms. The maximum atomic E-state index is 12.6. The number of ether oxygens (including phenoxy) is 1. The smallest absolute Gasteiger partial charge is 0.251 e. The minimum atomic E-state index is -3.31. The summed E-state index contributed by atoms with van der Waals surface area (Å²) in [7, 11) is -1.70. The first-order valence-corrected chi connectivity index (χ1v) is 10.7. The average molecular weight is 388 g/mol. The molecular weight excluding hydrogens is 364 g/mol. The van der Waals surface area contributed by atoms with Gasteiger partial charge in [-0.1, -0.05) is 12.1 Å². The molecule has 0 aromatic heterocycles. The van der Waals surface area contributed by atoms with Crippen LogP contribution in [-0.2, 0) is 16.4 Å². The van der Waals surface area contributed by atoms with Crippen LogP contribution in [0.4, 0.5) is 5.69 Å². The Morgan fingerprint density at radius 3 is 2.52 bits per heavy atom. The van der Waals surface area contributed by atoms with Gasteiger partial charge in [0, 0.05) is 12.1 Å². The van der Waals surface area contributed by atoms with Crippen LogP contribution in [0.2, 0.25) is 0 Å². The molecule has 1 atom stereocenters. The zero-order valence-electron chi connectivity index (χ0n) is 15.7. The monoisotopic (exact) mass is 388 g/mol. The summed E-state index contributed by atoms with van der Waals surface area (Å²) in [6, 6.07) is 12.6. The molecule has 2 aromatic rings. The van der Waals surface area contributed by atoms with E-state index in [4.69, 9.17) is 4.74 Å². The predicted molar refractivity (Wildman–Crippen MR) is 106 cm³/mol. The lowest BCUT2D eigenvalue weighted by molar-refractivity contribution is 0.0940. The number of fused-ring (bicyclic) bond motifs is 1. The lowest BCUT2D eigenvalue weighted by Crippen LogP contribution is -2.35. The molecule has 0 aliphatic carbocycles. The van der Waals surface area contributed by atoms with Gasteiger partial charge in [0.2, 0.25) is 10.0 Å². The fourth-order valence-electron chi connectivity index (χ4n) is 3.30. The highest BCUT2D eigenvalue weighted by molar-refractivity contribution is 7.92. The molecular formula is C20H24N2O4S. The van der Waals surface area contributed by atoms with E-state index < -0.39 is 10.0 Å². The number of carbonyl (C=O) groups is 1. The third kappa shape index (κ3) is 4.24. The number of nitrogens with one attached hydrogen (secondary N) is 1. The van der Waals surface area contributed by atoms with E-state index >= 15 is 0 Å². The second-order valence-electron chi connectivity index (χ2n) is 6.75. The van der Waals surface area contributed by atoms with Gasteiger partial charge in [-0.25, -0.2) is 8.42 Å². The van der Waals surface area contributed by atoms with E-state index in [1.54, 1.807) is 25.3 Å². The van der Waals surface area contributed by atoms with E-state index in [2.05, 4.69) is 5.32 Å². The molecule has 1 heterocycles. The van der Waals surface area contributed by atoms with Crippen LogP contribution in [0.5, 0.6) is 5.75 Å². The van der Waals surface area contributed by atoms with Crippen LogP contribution in [0.3, 0.4) is 0 Å². The fourth-order valence-corrected chi connectivity index (χ4v) is 4.30. The molecule has 27 heavy (non-hydrogen) atoms. The van der Waals surface area contributed by atoms with Crippen LogP contribution < -0.4 is 14.4 Å². The third-order valence-corrected chi connectivity index (χ3v) is 5.96. The SMILES string of the molecule is COc1ccc([C@@H](C)NC(=O)c2ccc3c(c2)CCCN3S(C)(=O)=O)cc1. The summed E-state index contributed by atoms with van der Waals surface area (Å²) in [4.78, 5) is 12.6. The van der Waals surface area contributed by atoms with Crippen LogP contribution >= 0.6 is 0 Å². The topological polar surface area (TPSA) is 75.7 Å². The Balaban J connectivity index is 1.77. The van der Waals surface area contributed by atoms with E-state index in [0.717, 1.165) is 29.7 Å². The van der Waals surface area contributed by atoms with Crippen LogP contribution in [0.25, 0.3) is 0 Å². The van der Waals surface area contributed by atoms with Gasteiger partial charge in [-0.2, -0.15) is 0 Å². The van der Waals surface area contributed by atoms with Crippen LogP contribution in [0.15, 0.2) is 42.5 Å². The Morgan fingerprint density at radius 2 is 1.89 bits per heavy atom. The molecule has 2 aromatic carbocycles. The van der Waals surface area contributed by atoms with E-state index in [1.807, 2.05) is 31.2 Å². The molecule has 144 valence electrons. The van der Waals surface area contributed by atoms with Gasteiger partial charge in [0.05, 0.1) is 25.1 Å². The minimum absolute atomic E-state index is 0.160. The van der Waals surface area contributed by atoms with E-state index in [1.165, 1.54) is 10.6 Å². The van der Waals surface area contributed by atoms with Crippen molar-refractivity contribution in [2.24, 2.45) is 0 Å². The first-order valence-electron chi connectivity index (χ1n) is 8.85. The molecule has 0 bridgehead atoms. The molecule has 6 nitrogen and oxygen atoms in total. The maximum absolute atomic E-state index is 12.6. The molecule has 1 aliphatic heterocycles. The van der Waals surface area contributed by atoms with Crippen molar-refractivity contribution in [2.45, 2.75) is 25.8 Å². The summed E-state index contributed by atoms with van der Waals surface area (Å²) in [5.74, 6) is 0.583. The van der Waals surface area contributed by atoms with Gasteiger partial charge in [-0.05, 0) is 61.2 Å². The van der Waals surface area contributed by atoms with Gasteiger partial charge < -0.3 is 10.1 Å². The summed E-state index contributed by atoms with van der Waals surface area (Å²) in [5.41, 5.74) is 3.06. The minimum Gasteiger partial charge on any atom is -0.497 e. The first-order chi connectivity index (χ1) is 12.8. The van der Waals surface area contributed by atoms with E-state index in [9.17, 15) is 13.2 Å². The van der Waals surface area contributed by atoms with Gasteiger partial charge in [0.1, 0.15) is 5.75 Å². The molecule has 0 radical (unpaired) electrons. The molecule has 1 amide bonds.